The zero-order valence-electron chi connectivity index (χ0n) is 13.7. The molecule has 0 saturated heterocycles. The van der Waals surface area contributed by atoms with E-state index in [1.807, 2.05) is 16.7 Å². The highest BCUT2D eigenvalue weighted by molar-refractivity contribution is 9.10. The second-order valence-corrected chi connectivity index (χ2v) is 7.37. The Kier molecular flexibility index (Phi) is 4.72. The second kappa shape index (κ2) is 6.60. The summed E-state index contributed by atoms with van der Waals surface area (Å²) in [4.78, 5) is 23.4. The summed E-state index contributed by atoms with van der Waals surface area (Å²) in [6.07, 6.45) is 6.25. The van der Waals surface area contributed by atoms with E-state index in [4.69, 9.17) is 0 Å². The maximum absolute atomic E-state index is 11.7. The number of Topliss-reactive ketones (excluding diaryl/α,β-unsaturated/α-hetero) is 2. The van der Waals surface area contributed by atoms with Crippen molar-refractivity contribution in [2.75, 3.05) is 0 Å². The average Bonchev–Trinajstić information content (AvgIpc) is 2.79. The lowest BCUT2D eigenvalue weighted by Gasteiger charge is -2.22. The summed E-state index contributed by atoms with van der Waals surface area (Å²) in [5.41, 5.74) is 3.00. The van der Waals surface area contributed by atoms with Gasteiger partial charge in [-0.2, -0.15) is 0 Å². The molecule has 1 heterocycles. The van der Waals surface area contributed by atoms with Crippen LogP contribution in [0.15, 0.2) is 22.8 Å². The summed E-state index contributed by atoms with van der Waals surface area (Å²) in [7, 11) is 0. The van der Waals surface area contributed by atoms with Gasteiger partial charge < -0.3 is 4.57 Å². The van der Waals surface area contributed by atoms with Gasteiger partial charge in [-0.1, -0.05) is 31.4 Å². The monoisotopic (exact) mass is 375 g/mol. The van der Waals surface area contributed by atoms with Gasteiger partial charge in [0, 0.05) is 10.9 Å². The summed E-state index contributed by atoms with van der Waals surface area (Å²) >= 11 is 3.75. The lowest BCUT2D eigenvalue weighted by molar-refractivity contribution is -0.117. The number of aromatic nitrogens is 1. The molecule has 0 atom stereocenters. The van der Waals surface area contributed by atoms with Crippen LogP contribution in [-0.2, 0) is 11.3 Å². The van der Waals surface area contributed by atoms with Crippen LogP contribution < -0.4 is 0 Å². The van der Waals surface area contributed by atoms with Crippen LogP contribution in [0, 0.1) is 0 Å². The number of halogens is 1. The van der Waals surface area contributed by atoms with Gasteiger partial charge in [-0.25, -0.2) is 0 Å². The van der Waals surface area contributed by atoms with Crippen molar-refractivity contribution in [2.24, 2.45) is 0 Å². The van der Waals surface area contributed by atoms with Crippen LogP contribution in [-0.4, -0.2) is 16.1 Å². The molecular formula is C19H22BrNO2. The van der Waals surface area contributed by atoms with E-state index in [2.05, 4.69) is 22.0 Å². The van der Waals surface area contributed by atoms with E-state index in [0.717, 1.165) is 10.1 Å². The van der Waals surface area contributed by atoms with E-state index in [-0.39, 0.29) is 11.6 Å². The fourth-order valence-electron chi connectivity index (χ4n) is 3.72. The van der Waals surface area contributed by atoms with Crippen molar-refractivity contribution in [2.45, 2.75) is 58.4 Å². The number of carbonyl (C=O) groups excluding carboxylic acids is 2. The van der Waals surface area contributed by atoms with Gasteiger partial charge in [0.2, 0.25) is 0 Å². The Morgan fingerprint density at radius 3 is 2.48 bits per heavy atom. The SMILES string of the molecule is CC(=O)Cn1c(Br)c(C2CCCCC2)c2ccc(C(C)=O)cc21. The van der Waals surface area contributed by atoms with Crippen molar-refractivity contribution in [1.82, 2.24) is 4.57 Å². The van der Waals surface area contributed by atoms with Gasteiger partial charge in [0.15, 0.2) is 5.78 Å². The number of hydrogen-bond acceptors (Lipinski definition) is 2. The maximum atomic E-state index is 11.7. The first-order valence-electron chi connectivity index (χ1n) is 8.31. The third kappa shape index (κ3) is 3.14. The predicted molar refractivity (Wildman–Crippen MR) is 96.1 cm³/mol. The third-order valence-electron chi connectivity index (χ3n) is 4.84. The van der Waals surface area contributed by atoms with Crippen molar-refractivity contribution in [3.05, 3.63) is 33.9 Å². The zero-order chi connectivity index (χ0) is 16.6. The van der Waals surface area contributed by atoms with E-state index in [1.165, 1.54) is 43.1 Å². The van der Waals surface area contributed by atoms with Crippen LogP contribution in [0.2, 0.25) is 0 Å². The minimum Gasteiger partial charge on any atom is -0.327 e. The Morgan fingerprint density at radius 1 is 1.17 bits per heavy atom. The van der Waals surface area contributed by atoms with Crippen molar-refractivity contribution in [3.63, 3.8) is 0 Å². The van der Waals surface area contributed by atoms with Crippen molar-refractivity contribution < 1.29 is 9.59 Å². The molecule has 4 heteroatoms. The van der Waals surface area contributed by atoms with Crippen LogP contribution in [0.25, 0.3) is 10.9 Å². The first-order valence-corrected chi connectivity index (χ1v) is 9.10. The van der Waals surface area contributed by atoms with Gasteiger partial charge in [-0.05, 0) is 60.2 Å². The molecule has 1 aromatic carbocycles. The molecule has 0 radical (unpaired) electrons. The summed E-state index contributed by atoms with van der Waals surface area (Å²) < 4.78 is 3.03. The Bertz CT molecular complexity index is 769. The first kappa shape index (κ1) is 16.4. The lowest BCUT2D eigenvalue weighted by Crippen LogP contribution is -2.08. The molecule has 122 valence electrons. The molecule has 1 saturated carbocycles. The van der Waals surface area contributed by atoms with Gasteiger partial charge in [0.05, 0.1) is 16.7 Å². The van der Waals surface area contributed by atoms with E-state index in [0.29, 0.717) is 18.0 Å². The fourth-order valence-corrected chi connectivity index (χ4v) is 4.57. The largest absolute Gasteiger partial charge is 0.327 e. The number of hydrogen-bond donors (Lipinski definition) is 0. The number of rotatable bonds is 4. The van der Waals surface area contributed by atoms with Crippen LogP contribution in [0.1, 0.15) is 67.8 Å². The quantitative estimate of drug-likeness (QED) is 0.685. The van der Waals surface area contributed by atoms with Gasteiger partial charge in [-0.3, -0.25) is 9.59 Å². The highest BCUT2D eigenvalue weighted by atomic mass is 79.9. The van der Waals surface area contributed by atoms with E-state index in [9.17, 15) is 9.59 Å². The Labute approximate surface area is 145 Å². The standard InChI is InChI=1S/C19H22BrNO2/c1-12(22)11-21-17-10-15(13(2)23)8-9-16(17)18(19(21)20)14-6-4-3-5-7-14/h8-10,14H,3-7,11H2,1-2H3. The van der Waals surface area contributed by atoms with Gasteiger partial charge >= 0.3 is 0 Å². The maximum Gasteiger partial charge on any atom is 0.159 e. The van der Waals surface area contributed by atoms with Crippen LogP contribution >= 0.6 is 15.9 Å². The normalized spacial score (nSPS) is 16.0. The molecule has 23 heavy (non-hydrogen) atoms. The average molecular weight is 376 g/mol. The van der Waals surface area contributed by atoms with Crippen molar-refractivity contribution >= 4 is 38.4 Å². The Hall–Kier alpha value is -1.42. The summed E-state index contributed by atoms with van der Waals surface area (Å²) in [5, 5.41) is 1.18. The van der Waals surface area contributed by atoms with E-state index < -0.39 is 0 Å². The van der Waals surface area contributed by atoms with Gasteiger partial charge in [0.25, 0.3) is 0 Å². The topological polar surface area (TPSA) is 39.1 Å². The minimum absolute atomic E-state index is 0.0535. The van der Waals surface area contributed by atoms with Crippen molar-refractivity contribution in [3.8, 4) is 0 Å². The van der Waals surface area contributed by atoms with Crippen LogP contribution in [0.4, 0.5) is 0 Å². The molecule has 0 aliphatic heterocycles. The molecule has 0 N–H and O–H groups in total. The molecule has 0 unspecified atom stereocenters. The highest BCUT2D eigenvalue weighted by Gasteiger charge is 2.25. The minimum atomic E-state index is 0.0535. The molecule has 0 spiro atoms. The Morgan fingerprint density at radius 2 is 1.87 bits per heavy atom. The lowest BCUT2D eigenvalue weighted by atomic mass is 9.84. The number of carbonyl (C=O) groups is 2. The fraction of sp³-hybridized carbons (Fsp3) is 0.474. The Balaban J connectivity index is 2.20. The molecule has 1 aliphatic carbocycles. The molecule has 1 aliphatic rings. The van der Waals surface area contributed by atoms with E-state index >= 15 is 0 Å². The van der Waals surface area contributed by atoms with Crippen molar-refractivity contribution in [1.29, 1.82) is 0 Å². The summed E-state index contributed by atoms with van der Waals surface area (Å²) in [6.45, 7) is 3.52. The second-order valence-electron chi connectivity index (χ2n) is 6.62. The molecule has 2 aromatic rings. The van der Waals surface area contributed by atoms with Crippen LogP contribution in [0.5, 0.6) is 0 Å². The molecule has 3 rings (SSSR count). The highest BCUT2D eigenvalue weighted by Crippen LogP contribution is 2.42. The number of nitrogens with zero attached hydrogens (tertiary/aromatic N) is 1. The number of ketones is 2. The summed E-state index contributed by atoms with van der Waals surface area (Å²) in [5.74, 6) is 0.709. The molecule has 0 amide bonds. The number of fused-ring (bicyclic) bond motifs is 1. The molecule has 3 nitrogen and oxygen atoms in total. The number of benzene rings is 1. The summed E-state index contributed by atoms with van der Waals surface area (Å²) in [6, 6.07) is 5.89. The zero-order valence-corrected chi connectivity index (χ0v) is 15.3. The molecule has 1 fully saturated rings. The van der Waals surface area contributed by atoms with Gasteiger partial charge in [0.1, 0.15) is 5.78 Å². The first-order chi connectivity index (χ1) is 11.0. The van der Waals surface area contributed by atoms with E-state index in [1.54, 1.807) is 13.8 Å². The molecule has 1 aromatic heterocycles. The molecular weight excluding hydrogens is 354 g/mol. The third-order valence-corrected chi connectivity index (χ3v) is 5.69. The van der Waals surface area contributed by atoms with Crippen LogP contribution in [0.3, 0.4) is 0 Å². The molecule has 0 bridgehead atoms. The smallest absolute Gasteiger partial charge is 0.159 e. The predicted octanol–water partition coefficient (Wildman–Crippen LogP) is 5.24. The van der Waals surface area contributed by atoms with Gasteiger partial charge in [-0.15, -0.1) is 0 Å².